The first-order chi connectivity index (χ1) is 13.8. The summed E-state index contributed by atoms with van der Waals surface area (Å²) in [6, 6.07) is 8.17. The number of aromatic amines is 1. The number of nitrogens with zero attached hydrogens (tertiary/aromatic N) is 5. The molecule has 1 aromatic carbocycles. The summed E-state index contributed by atoms with van der Waals surface area (Å²) in [5, 5.41) is 18.3. The highest BCUT2D eigenvalue weighted by Crippen LogP contribution is 2.26. The fraction of sp³-hybridized carbons (Fsp3) is 0.500. The minimum Gasteiger partial charge on any atom is -0.346 e. The van der Waals surface area contributed by atoms with E-state index >= 15 is 0 Å². The van der Waals surface area contributed by atoms with Crippen LogP contribution in [0.5, 0.6) is 0 Å². The van der Waals surface area contributed by atoms with Gasteiger partial charge in [0.05, 0.1) is 24.5 Å². The number of benzene rings is 1. The van der Waals surface area contributed by atoms with Gasteiger partial charge in [-0.2, -0.15) is 20.5 Å². The van der Waals surface area contributed by atoms with Gasteiger partial charge in [-0.3, -0.25) is 14.4 Å². The lowest BCUT2D eigenvalue weighted by Gasteiger charge is -2.36. The van der Waals surface area contributed by atoms with Crippen molar-refractivity contribution in [1.82, 2.24) is 35.4 Å². The number of nitrogens with one attached hydrogen (secondary N) is 2. The Balaban J connectivity index is 1.22. The maximum atomic E-state index is 12.5. The molecule has 146 valence electrons. The van der Waals surface area contributed by atoms with Crippen LogP contribution in [0.15, 0.2) is 24.3 Å². The molecule has 1 saturated carbocycles. The van der Waals surface area contributed by atoms with Gasteiger partial charge in [-0.1, -0.05) is 19.3 Å². The summed E-state index contributed by atoms with van der Waals surface area (Å²) >= 11 is 0. The van der Waals surface area contributed by atoms with Crippen LogP contribution in [0.1, 0.15) is 53.8 Å². The van der Waals surface area contributed by atoms with Gasteiger partial charge in [-0.25, -0.2) is 0 Å². The van der Waals surface area contributed by atoms with E-state index in [1.807, 2.05) is 0 Å². The minimum atomic E-state index is -0.125. The summed E-state index contributed by atoms with van der Waals surface area (Å²) in [6.07, 6.45) is 6.76. The summed E-state index contributed by atoms with van der Waals surface area (Å²) in [4.78, 5) is 15.1. The number of amides is 1. The first kappa shape index (κ1) is 17.4. The van der Waals surface area contributed by atoms with E-state index in [4.69, 9.17) is 0 Å². The second-order valence-corrected chi connectivity index (χ2v) is 7.82. The summed E-state index contributed by atoms with van der Waals surface area (Å²) in [5.74, 6) is -0.125. The number of hydrogen-bond donors (Lipinski definition) is 2. The van der Waals surface area contributed by atoms with Crippen LogP contribution in [0.25, 0.3) is 11.0 Å². The van der Waals surface area contributed by atoms with E-state index in [0.717, 1.165) is 36.9 Å². The van der Waals surface area contributed by atoms with Crippen molar-refractivity contribution in [1.29, 1.82) is 0 Å². The van der Waals surface area contributed by atoms with Crippen LogP contribution in [0.2, 0.25) is 0 Å². The summed E-state index contributed by atoms with van der Waals surface area (Å²) in [6.45, 7) is 3.40. The van der Waals surface area contributed by atoms with Crippen molar-refractivity contribution in [3.05, 3.63) is 41.2 Å². The molecule has 2 N–H and O–H groups in total. The van der Waals surface area contributed by atoms with E-state index in [1.54, 1.807) is 18.2 Å². The monoisotopic (exact) mass is 379 g/mol. The zero-order valence-corrected chi connectivity index (χ0v) is 15.9. The lowest BCUT2D eigenvalue weighted by atomic mass is 9.94. The Morgan fingerprint density at radius 1 is 1.11 bits per heavy atom. The van der Waals surface area contributed by atoms with E-state index in [-0.39, 0.29) is 5.91 Å². The summed E-state index contributed by atoms with van der Waals surface area (Å²) in [5.41, 5.74) is 4.18. The van der Waals surface area contributed by atoms with Gasteiger partial charge in [0.25, 0.3) is 5.91 Å². The molecular formula is C20H25N7O. The third kappa shape index (κ3) is 3.40. The largest absolute Gasteiger partial charge is 0.346 e. The zero-order chi connectivity index (χ0) is 18.9. The maximum Gasteiger partial charge on any atom is 0.251 e. The van der Waals surface area contributed by atoms with Crippen molar-refractivity contribution >= 4 is 16.9 Å². The first-order valence-corrected chi connectivity index (χ1v) is 10.1. The van der Waals surface area contributed by atoms with Crippen LogP contribution in [-0.2, 0) is 19.6 Å². The van der Waals surface area contributed by atoms with Crippen molar-refractivity contribution < 1.29 is 4.79 Å². The number of fused-ring (bicyclic) bond motifs is 2. The second kappa shape index (κ2) is 7.35. The normalized spacial score (nSPS) is 18.3. The number of hydrogen-bond acceptors (Lipinski definition) is 5. The Morgan fingerprint density at radius 2 is 1.96 bits per heavy atom. The third-order valence-electron chi connectivity index (χ3n) is 5.98. The van der Waals surface area contributed by atoms with Crippen molar-refractivity contribution in [2.75, 3.05) is 6.54 Å². The van der Waals surface area contributed by atoms with Crippen LogP contribution in [0.4, 0.5) is 0 Å². The van der Waals surface area contributed by atoms with Crippen molar-refractivity contribution in [2.45, 2.75) is 57.8 Å². The number of carbonyl (C=O) groups excluding carboxylic acids is 1. The lowest BCUT2D eigenvalue weighted by molar-refractivity contribution is 0.0950. The molecule has 3 aromatic rings. The van der Waals surface area contributed by atoms with Crippen molar-refractivity contribution in [3.63, 3.8) is 0 Å². The summed E-state index contributed by atoms with van der Waals surface area (Å²) in [7, 11) is 0. The highest BCUT2D eigenvalue weighted by atomic mass is 16.1. The molecule has 1 amide bonds. The fourth-order valence-corrected chi connectivity index (χ4v) is 4.44. The standard InChI is InChI=1S/C20H25N7O/c28-20(14-6-7-18-19(10-14)23-25-22-18)21-12-15-11-17-13-26(8-9-27(17)24-15)16-4-2-1-3-5-16/h6-7,10-11,16H,1-5,8-9,12-13H2,(H,21,28)(H,22,23,25). The number of H-pyrrole nitrogens is 1. The van der Waals surface area contributed by atoms with Gasteiger partial charge < -0.3 is 5.32 Å². The molecule has 0 saturated heterocycles. The molecule has 0 unspecified atom stereocenters. The molecular weight excluding hydrogens is 354 g/mol. The van der Waals surface area contributed by atoms with Crippen LogP contribution in [0.3, 0.4) is 0 Å². The van der Waals surface area contributed by atoms with Gasteiger partial charge in [0.15, 0.2) is 0 Å². The molecule has 0 spiro atoms. The van der Waals surface area contributed by atoms with Crippen LogP contribution in [0, 0.1) is 0 Å². The Kier molecular flexibility index (Phi) is 4.56. The van der Waals surface area contributed by atoms with Crippen molar-refractivity contribution in [3.8, 4) is 0 Å². The van der Waals surface area contributed by atoms with Gasteiger partial charge in [-0.15, -0.1) is 0 Å². The zero-order valence-electron chi connectivity index (χ0n) is 15.9. The molecule has 3 heterocycles. The number of carbonyl (C=O) groups is 1. The van der Waals surface area contributed by atoms with E-state index in [0.29, 0.717) is 17.6 Å². The molecule has 0 atom stereocenters. The Labute approximate surface area is 163 Å². The number of rotatable bonds is 4. The molecule has 8 heteroatoms. The molecule has 0 radical (unpaired) electrons. The molecule has 1 fully saturated rings. The molecule has 1 aliphatic carbocycles. The van der Waals surface area contributed by atoms with Gasteiger partial charge in [-0.05, 0) is 37.1 Å². The smallest absolute Gasteiger partial charge is 0.251 e. The predicted octanol–water partition coefficient (Wildman–Crippen LogP) is 2.23. The van der Waals surface area contributed by atoms with Crippen LogP contribution in [-0.4, -0.2) is 48.6 Å². The average molecular weight is 379 g/mol. The Bertz CT molecular complexity index is 986. The van der Waals surface area contributed by atoms with Gasteiger partial charge in [0.2, 0.25) is 0 Å². The minimum absolute atomic E-state index is 0.125. The van der Waals surface area contributed by atoms with Gasteiger partial charge in [0, 0.05) is 24.7 Å². The fourth-order valence-electron chi connectivity index (χ4n) is 4.44. The number of aromatic nitrogens is 5. The van der Waals surface area contributed by atoms with Crippen molar-refractivity contribution in [2.24, 2.45) is 0 Å². The summed E-state index contributed by atoms with van der Waals surface area (Å²) < 4.78 is 2.10. The average Bonchev–Trinajstić information content (AvgIpc) is 3.37. The van der Waals surface area contributed by atoms with Gasteiger partial charge >= 0.3 is 0 Å². The van der Waals surface area contributed by atoms with Gasteiger partial charge in [0.1, 0.15) is 11.0 Å². The lowest BCUT2D eigenvalue weighted by Crippen LogP contribution is -2.42. The molecule has 8 nitrogen and oxygen atoms in total. The predicted molar refractivity (Wildman–Crippen MR) is 105 cm³/mol. The highest BCUT2D eigenvalue weighted by molar-refractivity contribution is 5.97. The molecule has 2 aliphatic rings. The molecule has 5 rings (SSSR count). The highest BCUT2D eigenvalue weighted by Gasteiger charge is 2.26. The van der Waals surface area contributed by atoms with Crippen LogP contribution >= 0.6 is 0 Å². The SMILES string of the molecule is O=C(NCc1cc2n(n1)CCN(C1CCCCC1)C2)c1ccc2n[nH]nc2c1. The maximum absolute atomic E-state index is 12.5. The van der Waals surface area contributed by atoms with E-state index in [9.17, 15) is 4.79 Å². The van der Waals surface area contributed by atoms with E-state index in [2.05, 4.69) is 41.5 Å². The Hall–Kier alpha value is -2.74. The third-order valence-corrected chi connectivity index (χ3v) is 5.98. The molecule has 28 heavy (non-hydrogen) atoms. The molecule has 2 aromatic heterocycles. The Morgan fingerprint density at radius 3 is 2.86 bits per heavy atom. The molecule has 0 bridgehead atoms. The van der Waals surface area contributed by atoms with E-state index in [1.165, 1.54) is 37.8 Å². The van der Waals surface area contributed by atoms with Crippen LogP contribution < -0.4 is 5.32 Å². The molecule has 1 aliphatic heterocycles. The quantitative estimate of drug-likeness (QED) is 0.725. The second-order valence-electron chi connectivity index (χ2n) is 7.82. The topological polar surface area (TPSA) is 91.7 Å². The first-order valence-electron chi connectivity index (χ1n) is 10.1. The van der Waals surface area contributed by atoms with E-state index < -0.39 is 0 Å².